The van der Waals surface area contributed by atoms with Crippen molar-refractivity contribution in [3.8, 4) is 11.1 Å². The molecule has 3 aliphatic carbocycles. The average molecular weight is 477 g/mol. The van der Waals surface area contributed by atoms with E-state index in [-0.39, 0.29) is 31.3 Å². The van der Waals surface area contributed by atoms with Crippen LogP contribution in [-0.2, 0) is 14.3 Å². The van der Waals surface area contributed by atoms with Gasteiger partial charge in [0.2, 0.25) is 5.91 Å². The van der Waals surface area contributed by atoms with E-state index in [9.17, 15) is 19.5 Å². The summed E-state index contributed by atoms with van der Waals surface area (Å²) in [5.74, 6) is -0.228. The molecule has 2 amide bonds. The fourth-order valence-electron chi connectivity index (χ4n) is 5.01. The van der Waals surface area contributed by atoms with Gasteiger partial charge < -0.3 is 20.1 Å². The predicted octanol–water partition coefficient (Wildman–Crippen LogP) is 4.41. The second-order valence-corrected chi connectivity index (χ2v) is 10.1. The molecule has 1 atom stereocenters. The molecular formula is C28H32N2O5. The molecule has 3 aliphatic rings. The lowest BCUT2D eigenvalue weighted by Gasteiger charge is -2.28. The number of fused-ring (bicyclic) bond motifs is 3. The fourth-order valence-corrected chi connectivity index (χ4v) is 5.01. The van der Waals surface area contributed by atoms with Crippen LogP contribution in [0, 0.1) is 11.8 Å². The Morgan fingerprint density at radius 1 is 0.914 bits per heavy atom. The smallest absolute Gasteiger partial charge is 0.407 e. The number of nitrogens with zero attached hydrogens (tertiary/aromatic N) is 1. The molecule has 5 rings (SSSR count). The molecule has 0 saturated heterocycles. The van der Waals surface area contributed by atoms with Gasteiger partial charge in [0.05, 0.1) is 0 Å². The maximum Gasteiger partial charge on any atom is 0.407 e. The van der Waals surface area contributed by atoms with E-state index in [4.69, 9.17) is 4.74 Å². The van der Waals surface area contributed by atoms with Crippen molar-refractivity contribution in [2.75, 3.05) is 19.7 Å². The van der Waals surface area contributed by atoms with Crippen LogP contribution in [0.15, 0.2) is 48.5 Å². The minimum absolute atomic E-state index is 0.0458. The molecule has 2 N–H and O–H groups in total. The van der Waals surface area contributed by atoms with Crippen LogP contribution in [0.5, 0.6) is 0 Å². The molecule has 0 aliphatic heterocycles. The van der Waals surface area contributed by atoms with Crippen LogP contribution in [0.4, 0.5) is 4.79 Å². The van der Waals surface area contributed by atoms with Gasteiger partial charge in [0, 0.05) is 25.4 Å². The van der Waals surface area contributed by atoms with E-state index in [0.717, 1.165) is 47.9 Å². The normalized spacial score (nSPS) is 17.3. The van der Waals surface area contributed by atoms with E-state index in [2.05, 4.69) is 17.4 Å². The van der Waals surface area contributed by atoms with Crippen molar-refractivity contribution in [3.05, 3.63) is 59.7 Å². The maximum absolute atomic E-state index is 13.4. The number of carbonyl (C=O) groups is 3. The van der Waals surface area contributed by atoms with Gasteiger partial charge in [-0.2, -0.15) is 0 Å². The first-order valence-electron chi connectivity index (χ1n) is 12.6. The summed E-state index contributed by atoms with van der Waals surface area (Å²) in [4.78, 5) is 39.3. The maximum atomic E-state index is 13.4. The van der Waals surface area contributed by atoms with E-state index in [1.807, 2.05) is 41.3 Å². The summed E-state index contributed by atoms with van der Waals surface area (Å²) in [5.41, 5.74) is 4.50. The van der Waals surface area contributed by atoms with Crippen molar-refractivity contribution in [1.29, 1.82) is 0 Å². The van der Waals surface area contributed by atoms with Crippen molar-refractivity contribution in [2.24, 2.45) is 11.8 Å². The number of carbonyl (C=O) groups excluding carboxylic acids is 2. The highest BCUT2D eigenvalue weighted by molar-refractivity contribution is 5.86. The lowest BCUT2D eigenvalue weighted by molar-refractivity contribution is -0.138. The molecule has 7 heteroatoms. The van der Waals surface area contributed by atoms with Crippen LogP contribution in [0.1, 0.15) is 55.6 Å². The summed E-state index contributed by atoms with van der Waals surface area (Å²) in [7, 11) is 0. The molecule has 0 aromatic heterocycles. The van der Waals surface area contributed by atoms with Crippen LogP contribution >= 0.6 is 0 Å². The number of carboxylic acid groups (broad SMARTS) is 1. The highest BCUT2D eigenvalue weighted by atomic mass is 16.5. The van der Waals surface area contributed by atoms with Crippen molar-refractivity contribution < 1.29 is 24.2 Å². The lowest BCUT2D eigenvalue weighted by atomic mass is 9.98. The van der Waals surface area contributed by atoms with E-state index >= 15 is 0 Å². The molecule has 184 valence electrons. The molecule has 2 aromatic carbocycles. The number of rotatable bonds is 11. The molecule has 0 spiro atoms. The number of ether oxygens (including phenoxy) is 1. The number of alkyl carbamates (subject to hydrolysis) is 1. The first-order chi connectivity index (χ1) is 17.0. The molecule has 2 saturated carbocycles. The number of nitrogens with one attached hydrogen (secondary N) is 1. The molecule has 2 fully saturated rings. The van der Waals surface area contributed by atoms with Gasteiger partial charge >= 0.3 is 12.1 Å². The van der Waals surface area contributed by atoms with Gasteiger partial charge in [-0.15, -0.1) is 0 Å². The van der Waals surface area contributed by atoms with E-state index in [1.165, 1.54) is 0 Å². The Kier molecular flexibility index (Phi) is 6.75. The molecule has 35 heavy (non-hydrogen) atoms. The van der Waals surface area contributed by atoms with E-state index in [1.54, 1.807) is 0 Å². The van der Waals surface area contributed by atoms with Crippen LogP contribution in [0.3, 0.4) is 0 Å². The molecule has 7 nitrogen and oxygen atoms in total. The Morgan fingerprint density at radius 3 is 1.97 bits per heavy atom. The number of hydrogen-bond acceptors (Lipinski definition) is 4. The predicted molar refractivity (Wildman–Crippen MR) is 131 cm³/mol. The Bertz CT molecular complexity index is 1050. The second kappa shape index (κ2) is 10.1. The summed E-state index contributed by atoms with van der Waals surface area (Å²) in [6.45, 7) is 1.52. The summed E-state index contributed by atoms with van der Waals surface area (Å²) >= 11 is 0. The number of carboxylic acids is 1. The number of hydrogen-bond donors (Lipinski definition) is 2. The SMILES string of the molecule is O=C(O)CCC(NC(=O)OCC1c2ccccc2-c2ccccc21)C(=O)N(CC1CC1)CC1CC1. The molecule has 0 radical (unpaired) electrons. The van der Waals surface area contributed by atoms with Crippen LogP contribution in [-0.4, -0.2) is 53.7 Å². The van der Waals surface area contributed by atoms with Crippen molar-refractivity contribution in [3.63, 3.8) is 0 Å². The van der Waals surface area contributed by atoms with Crippen molar-refractivity contribution >= 4 is 18.0 Å². The zero-order valence-corrected chi connectivity index (χ0v) is 19.8. The summed E-state index contributed by atoms with van der Waals surface area (Å²) < 4.78 is 5.63. The zero-order chi connectivity index (χ0) is 24.4. The van der Waals surface area contributed by atoms with Crippen LogP contribution < -0.4 is 5.32 Å². The molecule has 0 bridgehead atoms. The standard InChI is InChI=1S/C28H32N2O5/c31-26(32)14-13-25(27(33)30(15-18-9-10-18)16-19-11-12-19)29-28(34)35-17-24-22-7-3-1-5-20(22)21-6-2-4-8-23(21)24/h1-8,18-19,24-25H,9-17H2,(H,29,34)(H,31,32). The van der Waals surface area contributed by atoms with Gasteiger partial charge in [0.25, 0.3) is 0 Å². The lowest BCUT2D eigenvalue weighted by Crippen LogP contribution is -2.50. The third-order valence-corrected chi connectivity index (χ3v) is 7.24. The molecule has 1 unspecified atom stereocenters. The van der Waals surface area contributed by atoms with E-state index < -0.39 is 18.1 Å². The quantitative estimate of drug-likeness (QED) is 0.501. The minimum atomic E-state index is -0.993. The minimum Gasteiger partial charge on any atom is -0.481 e. The van der Waals surface area contributed by atoms with Crippen molar-refractivity contribution in [1.82, 2.24) is 10.2 Å². The number of benzene rings is 2. The Labute approximate surface area is 205 Å². The van der Waals surface area contributed by atoms with Gasteiger partial charge in [-0.25, -0.2) is 4.79 Å². The van der Waals surface area contributed by atoms with Gasteiger partial charge in [0.15, 0.2) is 0 Å². The highest BCUT2D eigenvalue weighted by Gasteiger charge is 2.35. The highest BCUT2D eigenvalue weighted by Crippen LogP contribution is 2.44. The summed E-state index contributed by atoms with van der Waals surface area (Å²) in [6.07, 6.45) is 3.64. The second-order valence-electron chi connectivity index (χ2n) is 10.1. The van der Waals surface area contributed by atoms with Gasteiger partial charge in [0.1, 0.15) is 12.6 Å². The third kappa shape index (κ3) is 5.66. The fraction of sp³-hybridized carbons (Fsp3) is 0.464. The zero-order valence-electron chi connectivity index (χ0n) is 19.8. The third-order valence-electron chi connectivity index (χ3n) is 7.24. The summed E-state index contributed by atoms with van der Waals surface area (Å²) in [6, 6.07) is 15.3. The Hall–Kier alpha value is -3.35. The molecule has 2 aromatic rings. The van der Waals surface area contributed by atoms with Gasteiger partial charge in [-0.3, -0.25) is 9.59 Å². The van der Waals surface area contributed by atoms with Gasteiger partial charge in [-0.05, 0) is 66.2 Å². The van der Waals surface area contributed by atoms with Crippen LogP contribution in [0.2, 0.25) is 0 Å². The number of amides is 2. The summed E-state index contributed by atoms with van der Waals surface area (Å²) in [5, 5.41) is 11.9. The first-order valence-corrected chi connectivity index (χ1v) is 12.6. The Morgan fingerprint density at radius 2 is 1.46 bits per heavy atom. The largest absolute Gasteiger partial charge is 0.481 e. The number of aliphatic carboxylic acids is 1. The molecule has 0 heterocycles. The van der Waals surface area contributed by atoms with Crippen molar-refractivity contribution in [2.45, 2.75) is 50.5 Å². The van der Waals surface area contributed by atoms with Crippen LogP contribution in [0.25, 0.3) is 11.1 Å². The van der Waals surface area contributed by atoms with E-state index in [0.29, 0.717) is 24.9 Å². The topological polar surface area (TPSA) is 95.9 Å². The monoisotopic (exact) mass is 476 g/mol. The average Bonchev–Trinajstić information content (AvgIpc) is 3.79. The first kappa shape index (κ1) is 23.4. The Balaban J connectivity index is 1.25. The molecular weight excluding hydrogens is 444 g/mol. The van der Waals surface area contributed by atoms with Gasteiger partial charge in [-0.1, -0.05) is 48.5 Å².